The lowest BCUT2D eigenvalue weighted by atomic mass is 9.93. The van der Waals surface area contributed by atoms with E-state index in [9.17, 15) is 0 Å². The van der Waals surface area contributed by atoms with Gasteiger partial charge in [-0.1, -0.05) is 112 Å². The molecule has 0 saturated carbocycles. The van der Waals surface area contributed by atoms with Crippen molar-refractivity contribution in [3.8, 4) is 0 Å². The van der Waals surface area contributed by atoms with Crippen LogP contribution >= 0.6 is 0 Å². The van der Waals surface area contributed by atoms with E-state index in [2.05, 4.69) is 116 Å². The maximum Gasteiger partial charge on any atom is 0.0699 e. The molecule has 2 aromatic rings. The van der Waals surface area contributed by atoms with Gasteiger partial charge in [0.05, 0.1) is 11.4 Å². The number of hydrogen-bond acceptors (Lipinski definition) is 4. The third-order valence-corrected chi connectivity index (χ3v) is 5.52. The summed E-state index contributed by atoms with van der Waals surface area (Å²) in [6, 6.07) is 13.0. The molecular formula is C33H52N4. The van der Waals surface area contributed by atoms with Crippen LogP contribution in [0.4, 0.5) is 11.4 Å². The Hall–Kier alpha value is -2.88. The molecule has 2 rings (SSSR count). The summed E-state index contributed by atoms with van der Waals surface area (Å²) in [4.78, 5) is 17.0. The van der Waals surface area contributed by atoms with Crippen molar-refractivity contribution in [1.82, 2.24) is 0 Å². The van der Waals surface area contributed by atoms with E-state index in [1.54, 1.807) is 26.5 Å². The molecule has 0 bridgehead atoms. The normalized spacial score (nSPS) is 11.9. The van der Waals surface area contributed by atoms with Crippen molar-refractivity contribution in [3.05, 3.63) is 58.7 Å². The van der Waals surface area contributed by atoms with Gasteiger partial charge in [0.15, 0.2) is 0 Å². The molecule has 0 spiro atoms. The first-order valence-electron chi connectivity index (χ1n) is 13.7. The third kappa shape index (κ3) is 12.3. The molecule has 0 aliphatic heterocycles. The smallest absolute Gasteiger partial charge is 0.0699 e. The zero-order valence-electron chi connectivity index (χ0n) is 25.6. The standard InChI is InChI=1S/C26H36N2.C4H8N2.C3H8/c1-17(2)21-11-9-12-22(18(3)4)25(21)27-15-16-28-26-23(19(5)6)13-10-14-24(26)20(7)8;1-5-3-4-6-2;1-3-2/h9-20H,1-8H3;3-4H,1-2H3;3H2,1-2H3. The topological polar surface area (TPSA) is 49.4 Å². The Morgan fingerprint density at radius 2 is 0.757 bits per heavy atom. The number of aliphatic imine (C=N–C) groups is 4. The molecule has 4 nitrogen and oxygen atoms in total. The second-order valence-corrected chi connectivity index (χ2v) is 10.3. The van der Waals surface area contributed by atoms with E-state index in [1.165, 1.54) is 28.7 Å². The van der Waals surface area contributed by atoms with Gasteiger partial charge in [0, 0.05) is 39.0 Å². The molecule has 0 fully saturated rings. The van der Waals surface area contributed by atoms with E-state index in [-0.39, 0.29) is 0 Å². The van der Waals surface area contributed by atoms with Gasteiger partial charge < -0.3 is 0 Å². The van der Waals surface area contributed by atoms with Gasteiger partial charge in [-0.3, -0.25) is 20.0 Å². The second kappa shape index (κ2) is 19.3. The van der Waals surface area contributed by atoms with Crippen LogP contribution in [0.3, 0.4) is 0 Å². The first-order valence-corrected chi connectivity index (χ1v) is 13.7. The quantitative estimate of drug-likeness (QED) is 0.321. The first kappa shape index (κ1) is 34.1. The highest BCUT2D eigenvalue weighted by atomic mass is 14.8. The van der Waals surface area contributed by atoms with E-state index in [0.29, 0.717) is 23.7 Å². The average Bonchev–Trinajstić information content (AvgIpc) is 2.85. The lowest BCUT2D eigenvalue weighted by molar-refractivity contribution is 0.834. The van der Waals surface area contributed by atoms with Gasteiger partial charge in [0.25, 0.3) is 0 Å². The maximum absolute atomic E-state index is 4.84. The zero-order chi connectivity index (χ0) is 28.4. The van der Waals surface area contributed by atoms with Gasteiger partial charge in [-0.2, -0.15) is 0 Å². The number of rotatable bonds is 8. The molecule has 2 aromatic carbocycles. The molecule has 0 aliphatic carbocycles. The van der Waals surface area contributed by atoms with Gasteiger partial charge >= 0.3 is 0 Å². The van der Waals surface area contributed by atoms with E-state index < -0.39 is 0 Å². The molecule has 4 heteroatoms. The van der Waals surface area contributed by atoms with Gasteiger partial charge in [-0.05, 0) is 45.9 Å². The average molecular weight is 505 g/mol. The van der Waals surface area contributed by atoms with Gasteiger partial charge in [-0.15, -0.1) is 0 Å². The molecular weight excluding hydrogens is 452 g/mol. The zero-order valence-corrected chi connectivity index (χ0v) is 25.6. The van der Waals surface area contributed by atoms with Gasteiger partial charge in [0.2, 0.25) is 0 Å². The number of para-hydroxylation sites is 2. The van der Waals surface area contributed by atoms with Gasteiger partial charge in [-0.25, -0.2) is 0 Å². The van der Waals surface area contributed by atoms with Gasteiger partial charge in [0.1, 0.15) is 0 Å². The summed E-state index contributed by atoms with van der Waals surface area (Å²) in [5.74, 6) is 1.77. The summed E-state index contributed by atoms with van der Waals surface area (Å²) in [6.45, 7) is 22.0. The molecule has 0 radical (unpaired) electrons. The highest BCUT2D eigenvalue weighted by Gasteiger charge is 2.13. The fourth-order valence-electron chi connectivity index (χ4n) is 3.67. The summed E-state index contributed by atoms with van der Waals surface area (Å²) >= 11 is 0. The maximum atomic E-state index is 4.84. The van der Waals surface area contributed by atoms with E-state index in [4.69, 9.17) is 9.98 Å². The minimum absolute atomic E-state index is 0.442. The Bertz CT molecular complexity index is 875. The van der Waals surface area contributed by atoms with Crippen molar-refractivity contribution < 1.29 is 0 Å². The van der Waals surface area contributed by atoms with Crippen molar-refractivity contribution in [1.29, 1.82) is 0 Å². The molecule has 0 aliphatic rings. The number of nitrogens with zero attached hydrogens (tertiary/aromatic N) is 4. The Morgan fingerprint density at radius 1 is 0.514 bits per heavy atom. The fourth-order valence-corrected chi connectivity index (χ4v) is 3.67. The minimum Gasteiger partial charge on any atom is -0.295 e. The van der Waals surface area contributed by atoms with E-state index >= 15 is 0 Å². The minimum atomic E-state index is 0.442. The first-order chi connectivity index (χ1) is 17.6. The fraction of sp³-hybridized carbons (Fsp3) is 0.515. The second-order valence-electron chi connectivity index (χ2n) is 10.3. The largest absolute Gasteiger partial charge is 0.295 e. The Labute approximate surface area is 228 Å². The monoisotopic (exact) mass is 504 g/mol. The van der Waals surface area contributed by atoms with Crippen molar-refractivity contribution in [3.63, 3.8) is 0 Å². The summed E-state index contributed by atoms with van der Waals surface area (Å²) in [5, 5.41) is 0. The summed E-state index contributed by atoms with van der Waals surface area (Å²) in [5.41, 5.74) is 7.37. The van der Waals surface area contributed by atoms with E-state index in [1.807, 2.05) is 12.4 Å². The molecule has 0 saturated heterocycles. The molecule has 0 N–H and O–H groups in total. The van der Waals surface area contributed by atoms with Crippen molar-refractivity contribution in [2.24, 2.45) is 20.0 Å². The van der Waals surface area contributed by atoms with Crippen LogP contribution < -0.4 is 0 Å². The van der Waals surface area contributed by atoms with Crippen LogP contribution in [0.2, 0.25) is 0 Å². The molecule has 0 heterocycles. The molecule has 204 valence electrons. The van der Waals surface area contributed by atoms with Crippen LogP contribution in [0, 0.1) is 0 Å². The predicted octanol–water partition coefficient (Wildman–Crippen LogP) is 10.1. The third-order valence-electron chi connectivity index (χ3n) is 5.52. The van der Waals surface area contributed by atoms with Crippen molar-refractivity contribution in [2.45, 2.75) is 99.3 Å². The van der Waals surface area contributed by atoms with Crippen molar-refractivity contribution in [2.75, 3.05) is 14.1 Å². The van der Waals surface area contributed by atoms with Crippen LogP contribution in [-0.4, -0.2) is 39.0 Å². The predicted molar refractivity (Wildman–Crippen MR) is 170 cm³/mol. The Morgan fingerprint density at radius 3 is 0.946 bits per heavy atom. The molecule has 0 atom stereocenters. The highest BCUT2D eigenvalue weighted by Crippen LogP contribution is 2.35. The van der Waals surface area contributed by atoms with Crippen LogP contribution in [0.15, 0.2) is 56.4 Å². The summed E-state index contributed by atoms with van der Waals surface area (Å²) in [7, 11) is 3.42. The summed E-state index contributed by atoms with van der Waals surface area (Å²) in [6.07, 6.45) is 8.24. The Balaban J connectivity index is 0.00000124. The Kier molecular flexibility index (Phi) is 17.8. The molecule has 37 heavy (non-hydrogen) atoms. The highest BCUT2D eigenvalue weighted by molar-refractivity contribution is 6.17. The molecule has 0 aromatic heterocycles. The number of benzene rings is 2. The summed E-state index contributed by atoms with van der Waals surface area (Å²) < 4.78 is 0. The van der Waals surface area contributed by atoms with Crippen LogP contribution in [0.1, 0.15) is 122 Å². The van der Waals surface area contributed by atoms with Crippen LogP contribution in [-0.2, 0) is 0 Å². The van der Waals surface area contributed by atoms with Crippen LogP contribution in [0.5, 0.6) is 0 Å². The number of hydrogen-bond donors (Lipinski definition) is 0. The molecule has 0 unspecified atom stereocenters. The van der Waals surface area contributed by atoms with Crippen molar-refractivity contribution >= 4 is 36.2 Å². The van der Waals surface area contributed by atoms with E-state index in [0.717, 1.165) is 11.4 Å². The lowest BCUT2D eigenvalue weighted by Gasteiger charge is -2.16. The van der Waals surface area contributed by atoms with Crippen LogP contribution in [0.25, 0.3) is 0 Å². The SMILES string of the molecule is CC(C)c1cccc(C(C)C)c1N=CC=Nc1c(C(C)C)cccc1C(C)C.CCC.CN=CC=NC. The molecule has 0 amide bonds. The lowest BCUT2D eigenvalue weighted by Crippen LogP contribution is -1.96.